The lowest BCUT2D eigenvalue weighted by Gasteiger charge is -2.13. The predicted octanol–water partition coefficient (Wildman–Crippen LogP) is -0.0903. The van der Waals surface area contributed by atoms with E-state index in [0.29, 0.717) is 6.42 Å². The van der Waals surface area contributed by atoms with Gasteiger partial charge in [0.2, 0.25) is 5.85 Å². The van der Waals surface area contributed by atoms with E-state index in [0.717, 1.165) is 6.42 Å². The summed E-state index contributed by atoms with van der Waals surface area (Å²) in [5, 5.41) is 17.3. The number of esters is 2. The molecular formula is C10H17O7P. The van der Waals surface area contributed by atoms with Gasteiger partial charge in [-0.25, -0.2) is 9.59 Å². The Morgan fingerprint density at radius 3 is 2.44 bits per heavy atom. The number of unbranched alkanes of at least 4 members (excludes halogenated alkanes) is 1. The molecule has 0 bridgehead atoms. The molecule has 0 aromatic carbocycles. The first-order chi connectivity index (χ1) is 8.38. The Bertz CT molecular complexity index is 305. The molecule has 2 N–H and O–H groups in total. The summed E-state index contributed by atoms with van der Waals surface area (Å²) in [6.07, 6.45) is -0.998. The second-order valence-corrected chi connectivity index (χ2v) is 4.10. The van der Waals surface area contributed by atoms with Gasteiger partial charge >= 0.3 is 17.9 Å². The molecule has 0 aromatic heterocycles. The molecule has 0 saturated carbocycles. The Labute approximate surface area is 107 Å². The van der Waals surface area contributed by atoms with Gasteiger partial charge in [0.05, 0.1) is 13.0 Å². The summed E-state index contributed by atoms with van der Waals surface area (Å²) in [5.74, 6) is -4.45. The Morgan fingerprint density at radius 2 is 1.94 bits per heavy atom. The van der Waals surface area contributed by atoms with Crippen LogP contribution in [0.4, 0.5) is 0 Å². The van der Waals surface area contributed by atoms with Crippen molar-refractivity contribution in [3.63, 3.8) is 0 Å². The van der Waals surface area contributed by atoms with Crippen LogP contribution in [0.25, 0.3) is 0 Å². The molecule has 0 spiro atoms. The standard InChI is InChI=1S/C10H17O7P/c1-2-3-4-16-9(15)10(18)17-7(12)5-6(11)8(13)14/h6,10-11H,2-5,18H2,1H3,(H,13,14)/t6-,10-/m0/s1. The van der Waals surface area contributed by atoms with Gasteiger partial charge in [-0.1, -0.05) is 22.6 Å². The number of ether oxygens (including phenoxy) is 2. The highest BCUT2D eigenvalue weighted by atomic mass is 31.0. The minimum atomic E-state index is -1.84. The molecule has 104 valence electrons. The lowest BCUT2D eigenvalue weighted by molar-refractivity contribution is -0.164. The summed E-state index contributed by atoms with van der Waals surface area (Å²) in [7, 11) is 1.97. The Morgan fingerprint density at radius 1 is 1.33 bits per heavy atom. The first-order valence-corrected chi connectivity index (χ1v) is 6.07. The molecule has 0 heterocycles. The van der Waals surface area contributed by atoms with Crippen molar-refractivity contribution < 1.29 is 34.1 Å². The molecule has 0 amide bonds. The van der Waals surface area contributed by atoms with Crippen molar-refractivity contribution in [2.75, 3.05) is 6.61 Å². The maximum Gasteiger partial charge on any atom is 0.351 e. The van der Waals surface area contributed by atoms with E-state index in [1.54, 1.807) is 0 Å². The number of rotatable bonds is 8. The predicted molar refractivity (Wildman–Crippen MR) is 63.7 cm³/mol. The van der Waals surface area contributed by atoms with Crippen LogP contribution in [0.15, 0.2) is 0 Å². The summed E-state index contributed by atoms with van der Waals surface area (Å²) in [6.45, 7) is 2.16. The van der Waals surface area contributed by atoms with Gasteiger partial charge in [-0.3, -0.25) is 4.79 Å². The quantitative estimate of drug-likeness (QED) is 0.363. The van der Waals surface area contributed by atoms with Crippen molar-refractivity contribution in [3.05, 3.63) is 0 Å². The van der Waals surface area contributed by atoms with Crippen LogP contribution < -0.4 is 0 Å². The van der Waals surface area contributed by atoms with Crippen LogP contribution in [0.1, 0.15) is 26.2 Å². The molecule has 0 aliphatic heterocycles. The number of aliphatic carboxylic acids is 1. The van der Waals surface area contributed by atoms with Crippen LogP contribution >= 0.6 is 9.24 Å². The fourth-order valence-electron chi connectivity index (χ4n) is 0.882. The number of aliphatic hydroxyl groups is 1. The van der Waals surface area contributed by atoms with Gasteiger partial charge in [-0.15, -0.1) is 0 Å². The molecule has 7 nitrogen and oxygen atoms in total. The van der Waals surface area contributed by atoms with Crippen molar-refractivity contribution in [1.29, 1.82) is 0 Å². The van der Waals surface area contributed by atoms with Gasteiger partial charge in [0.1, 0.15) is 0 Å². The molecule has 0 aliphatic rings. The van der Waals surface area contributed by atoms with Gasteiger partial charge in [-0.05, 0) is 6.42 Å². The minimum Gasteiger partial charge on any atom is -0.479 e. The lowest BCUT2D eigenvalue weighted by atomic mass is 10.2. The first-order valence-electron chi connectivity index (χ1n) is 5.41. The highest BCUT2D eigenvalue weighted by Crippen LogP contribution is 2.08. The minimum absolute atomic E-state index is 0.232. The Hall–Kier alpha value is -1.20. The zero-order valence-corrected chi connectivity index (χ0v) is 11.2. The van der Waals surface area contributed by atoms with E-state index in [-0.39, 0.29) is 6.61 Å². The normalized spacial score (nSPS) is 13.5. The maximum atomic E-state index is 11.3. The zero-order valence-electron chi connectivity index (χ0n) is 10.00. The smallest absolute Gasteiger partial charge is 0.351 e. The second-order valence-electron chi connectivity index (χ2n) is 3.49. The fraction of sp³-hybridized carbons (Fsp3) is 0.700. The molecule has 0 fully saturated rings. The van der Waals surface area contributed by atoms with E-state index in [2.05, 4.69) is 4.74 Å². The van der Waals surface area contributed by atoms with Gasteiger partial charge in [0.15, 0.2) is 6.10 Å². The fourth-order valence-corrected chi connectivity index (χ4v) is 1.13. The van der Waals surface area contributed by atoms with Crippen molar-refractivity contribution >= 4 is 27.1 Å². The summed E-state index contributed by atoms with van der Waals surface area (Å²) in [5.41, 5.74) is 0. The van der Waals surface area contributed by atoms with Crippen LogP contribution in [0, 0.1) is 0 Å². The average Bonchev–Trinajstić information content (AvgIpc) is 2.28. The van der Waals surface area contributed by atoms with E-state index in [4.69, 9.17) is 14.9 Å². The number of carboxylic acid groups (broad SMARTS) is 1. The number of hydrogen-bond donors (Lipinski definition) is 2. The summed E-state index contributed by atoms with van der Waals surface area (Å²) >= 11 is 0. The highest BCUT2D eigenvalue weighted by Gasteiger charge is 2.23. The molecule has 0 saturated heterocycles. The molecule has 0 rings (SSSR count). The molecule has 3 atom stereocenters. The highest BCUT2D eigenvalue weighted by molar-refractivity contribution is 7.19. The van der Waals surface area contributed by atoms with Crippen LogP contribution in [0.2, 0.25) is 0 Å². The molecule has 0 aromatic rings. The van der Waals surface area contributed by atoms with Gasteiger partial charge in [0.25, 0.3) is 0 Å². The largest absolute Gasteiger partial charge is 0.479 e. The van der Waals surface area contributed by atoms with Crippen LogP contribution in [-0.4, -0.2) is 46.7 Å². The third-order valence-corrected chi connectivity index (χ3v) is 2.29. The maximum absolute atomic E-state index is 11.3. The molecule has 1 unspecified atom stereocenters. The average molecular weight is 280 g/mol. The SMILES string of the molecule is CCCCOC(=O)[C@H](P)OC(=O)C[C@H](O)C(=O)O. The molecule has 18 heavy (non-hydrogen) atoms. The molecule has 0 radical (unpaired) electrons. The van der Waals surface area contributed by atoms with Crippen LogP contribution in [0.5, 0.6) is 0 Å². The summed E-state index contributed by atoms with van der Waals surface area (Å²) < 4.78 is 9.37. The monoisotopic (exact) mass is 280 g/mol. The van der Waals surface area contributed by atoms with E-state index in [9.17, 15) is 14.4 Å². The van der Waals surface area contributed by atoms with Crippen molar-refractivity contribution in [3.8, 4) is 0 Å². The number of aliphatic hydroxyl groups excluding tert-OH is 1. The Kier molecular flexibility index (Phi) is 8.24. The van der Waals surface area contributed by atoms with Crippen molar-refractivity contribution in [2.24, 2.45) is 0 Å². The van der Waals surface area contributed by atoms with Gasteiger partial charge in [-0.2, -0.15) is 0 Å². The van der Waals surface area contributed by atoms with E-state index < -0.39 is 36.3 Å². The topological polar surface area (TPSA) is 110 Å². The van der Waals surface area contributed by atoms with E-state index in [1.165, 1.54) is 0 Å². The van der Waals surface area contributed by atoms with Crippen LogP contribution in [0.3, 0.4) is 0 Å². The number of carbonyl (C=O) groups excluding carboxylic acids is 2. The second kappa shape index (κ2) is 8.83. The van der Waals surface area contributed by atoms with Crippen molar-refractivity contribution in [1.82, 2.24) is 0 Å². The molecule has 8 heteroatoms. The third-order valence-electron chi connectivity index (χ3n) is 1.88. The first kappa shape index (κ1) is 16.8. The van der Waals surface area contributed by atoms with Gasteiger partial charge < -0.3 is 19.7 Å². The molecule has 0 aliphatic carbocycles. The number of carboxylic acids is 1. The van der Waals surface area contributed by atoms with E-state index in [1.807, 2.05) is 16.2 Å². The van der Waals surface area contributed by atoms with Gasteiger partial charge in [0, 0.05) is 0 Å². The lowest BCUT2D eigenvalue weighted by Crippen LogP contribution is -2.28. The summed E-state index contributed by atoms with van der Waals surface area (Å²) in [6, 6.07) is 0. The Balaban J connectivity index is 3.99. The van der Waals surface area contributed by atoms with Crippen LogP contribution in [-0.2, 0) is 23.9 Å². The molecular weight excluding hydrogens is 263 g/mol. The summed E-state index contributed by atoms with van der Waals surface area (Å²) in [4.78, 5) is 32.7. The van der Waals surface area contributed by atoms with E-state index >= 15 is 0 Å². The zero-order chi connectivity index (χ0) is 14.1. The third kappa shape index (κ3) is 7.19. The number of hydrogen-bond acceptors (Lipinski definition) is 6. The van der Waals surface area contributed by atoms with Crippen molar-refractivity contribution in [2.45, 2.75) is 38.1 Å². The number of carbonyl (C=O) groups is 3.